The van der Waals surface area contributed by atoms with Gasteiger partial charge >= 0.3 is 0 Å². The first kappa shape index (κ1) is 18.7. The lowest BCUT2D eigenvalue weighted by atomic mass is 10.2. The number of hydrazone groups is 1. The van der Waals surface area contributed by atoms with E-state index >= 15 is 0 Å². The third-order valence-electron chi connectivity index (χ3n) is 2.94. The number of amides is 1. The lowest BCUT2D eigenvalue weighted by Gasteiger charge is -2.03. The van der Waals surface area contributed by atoms with Crippen molar-refractivity contribution < 1.29 is 9.53 Å². The van der Waals surface area contributed by atoms with Gasteiger partial charge in [-0.15, -0.1) is 0 Å². The van der Waals surface area contributed by atoms with E-state index in [1.54, 1.807) is 12.3 Å². The van der Waals surface area contributed by atoms with Crippen LogP contribution in [0.25, 0.3) is 0 Å². The first-order valence-corrected chi connectivity index (χ1v) is 8.66. The maximum absolute atomic E-state index is 11.8. The molecule has 1 aromatic heterocycles. The number of carbonyl (C=O) groups is 1. The molecule has 6 nitrogen and oxygen atoms in total. The number of hydrogen-bond acceptors (Lipinski definition) is 6. The van der Waals surface area contributed by atoms with Gasteiger partial charge in [0, 0.05) is 11.4 Å². The van der Waals surface area contributed by atoms with Gasteiger partial charge in [-0.25, -0.2) is 15.4 Å². The number of hydrogen-bond donors (Lipinski definition) is 1. The number of carbonyl (C=O) groups excluding carboxylic acids is 1. The van der Waals surface area contributed by atoms with Crippen LogP contribution in [0.4, 0.5) is 0 Å². The predicted molar refractivity (Wildman–Crippen MR) is 100 cm³/mol. The number of aryl methyl sites for hydroxylation is 2. The van der Waals surface area contributed by atoms with Gasteiger partial charge in [0.2, 0.25) is 0 Å². The molecule has 1 heterocycles. The minimum atomic E-state index is -0.213. The average Bonchev–Trinajstić information content (AvgIpc) is 2.58. The first-order valence-electron chi connectivity index (χ1n) is 7.67. The normalized spacial score (nSPS) is 10.6. The molecule has 0 fully saturated rings. The molecule has 0 aliphatic rings. The molecule has 7 heteroatoms. The molecule has 0 saturated heterocycles. The van der Waals surface area contributed by atoms with Crippen LogP contribution < -0.4 is 10.2 Å². The molecule has 1 aromatic carbocycles. The van der Waals surface area contributed by atoms with E-state index in [-0.39, 0.29) is 11.7 Å². The van der Waals surface area contributed by atoms with E-state index in [0.717, 1.165) is 22.7 Å². The van der Waals surface area contributed by atoms with E-state index in [2.05, 4.69) is 27.1 Å². The van der Waals surface area contributed by atoms with E-state index in [0.29, 0.717) is 11.8 Å². The van der Waals surface area contributed by atoms with Crippen molar-refractivity contribution in [1.29, 1.82) is 0 Å². The second kappa shape index (κ2) is 9.58. The fourth-order valence-electron chi connectivity index (χ4n) is 1.90. The van der Waals surface area contributed by atoms with Gasteiger partial charge in [-0.3, -0.25) is 4.79 Å². The zero-order valence-corrected chi connectivity index (χ0v) is 15.0. The standard InChI is InChI=1S/C18H20N4O2S/c1-4-9-24-16-7-5-15(6-8-16)11-19-22-17(23)12-25-18-20-13(2)10-14(3)21-18/h4-8,10-11H,1,9,12H2,2-3H3,(H,22,23)/b19-11+. The van der Waals surface area contributed by atoms with E-state index in [4.69, 9.17) is 4.74 Å². The molecule has 0 aliphatic heterocycles. The molecule has 130 valence electrons. The zero-order valence-electron chi connectivity index (χ0n) is 14.2. The van der Waals surface area contributed by atoms with Gasteiger partial charge in [-0.05, 0) is 49.7 Å². The first-order chi connectivity index (χ1) is 12.1. The molecule has 0 radical (unpaired) electrons. The predicted octanol–water partition coefficient (Wildman–Crippen LogP) is 2.90. The van der Waals surface area contributed by atoms with Crippen LogP contribution in [0.3, 0.4) is 0 Å². The maximum atomic E-state index is 11.8. The Balaban J connectivity index is 1.78. The number of rotatable bonds is 8. The maximum Gasteiger partial charge on any atom is 0.250 e. The topological polar surface area (TPSA) is 76.5 Å². The van der Waals surface area contributed by atoms with Crippen molar-refractivity contribution >= 4 is 23.9 Å². The van der Waals surface area contributed by atoms with Crippen molar-refractivity contribution in [2.75, 3.05) is 12.4 Å². The van der Waals surface area contributed by atoms with Crippen LogP contribution in [0.5, 0.6) is 5.75 Å². The van der Waals surface area contributed by atoms with Gasteiger partial charge in [-0.2, -0.15) is 5.10 Å². The molecule has 0 saturated carbocycles. The van der Waals surface area contributed by atoms with Crippen LogP contribution >= 0.6 is 11.8 Å². The lowest BCUT2D eigenvalue weighted by molar-refractivity contribution is -0.118. The molecule has 0 atom stereocenters. The second-order valence-corrected chi connectivity index (χ2v) is 6.13. The molecule has 25 heavy (non-hydrogen) atoms. The Bertz CT molecular complexity index is 740. The van der Waals surface area contributed by atoms with Crippen molar-refractivity contribution in [2.45, 2.75) is 19.0 Å². The van der Waals surface area contributed by atoms with Crippen molar-refractivity contribution in [1.82, 2.24) is 15.4 Å². The van der Waals surface area contributed by atoms with Crippen LogP contribution in [0, 0.1) is 13.8 Å². The van der Waals surface area contributed by atoms with Gasteiger partial charge in [0.25, 0.3) is 5.91 Å². The highest BCUT2D eigenvalue weighted by atomic mass is 32.2. The summed E-state index contributed by atoms with van der Waals surface area (Å²) in [5.41, 5.74) is 5.11. The summed E-state index contributed by atoms with van der Waals surface area (Å²) in [5.74, 6) is 0.745. The number of benzene rings is 1. The Labute approximate surface area is 151 Å². The molecule has 0 spiro atoms. The molecule has 2 rings (SSSR count). The Kier molecular flexibility index (Phi) is 7.16. The van der Waals surface area contributed by atoms with Crippen LogP contribution in [0.2, 0.25) is 0 Å². The van der Waals surface area contributed by atoms with Crippen LogP contribution in [0.15, 0.2) is 53.2 Å². The SMILES string of the molecule is C=CCOc1ccc(/C=N/NC(=O)CSc2nc(C)cc(C)n2)cc1. The summed E-state index contributed by atoms with van der Waals surface area (Å²) in [7, 11) is 0. The Morgan fingerprint density at radius 1 is 1.28 bits per heavy atom. The minimum Gasteiger partial charge on any atom is -0.490 e. The third kappa shape index (κ3) is 6.76. The summed E-state index contributed by atoms with van der Waals surface area (Å²) in [6.07, 6.45) is 3.26. The van der Waals surface area contributed by atoms with Gasteiger partial charge in [0.05, 0.1) is 12.0 Å². The number of nitrogens with one attached hydrogen (secondary N) is 1. The average molecular weight is 356 g/mol. The largest absolute Gasteiger partial charge is 0.490 e. The molecule has 0 aliphatic carbocycles. The van der Waals surface area contributed by atoms with E-state index in [1.165, 1.54) is 11.8 Å². The molecule has 0 unspecified atom stereocenters. The highest BCUT2D eigenvalue weighted by Crippen LogP contribution is 2.13. The summed E-state index contributed by atoms with van der Waals surface area (Å²) in [5, 5.41) is 4.53. The quantitative estimate of drug-likeness (QED) is 0.259. The molecule has 2 aromatic rings. The lowest BCUT2D eigenvalue weighted by Crippen LogP contribution is -2.19. The fourth-order valence-corrected chi connectivity index (χ4v) is 2.65. The van der Waals surface area contributed by atoms with E-state index in [9.17, 15) is 4.79 Å². The molecule has 1 N–H and O–H groups in total. The number of ether oxygens (including phenoxy) is 1. The van der Waals surface area contributed by atoms with E-state index in [1.807, 2.05) is 44.2 Å². The van der Waals surface area contributed by atoms with Gasteiger partial charge in [-0.1, -0.05) is 24.4 Å². The zero-order chi connectivity index (χ0) is 18.1. The molecule has 0 bridgehead atoms. The summed E-state index contributed by atoms with van der Waals surface area (Å²) in [6.45, 7) is 7.86. The highest BCUT2D eigenvalue weighted by Gasteiger charge is 2.05. The van der Waals surface area contributed by atoms with Crippen LogP contribution in [-0.2, 0) is 4.79 Å². The summed E-state index contributed by atoms with van der Waals surface area (Å²) >= 11 is 1.28. The van der Waals surface area contributed by atoms with Gasteiger partial charge in [0.15, 0.2) is 5.16 Å². The van der Waals surface area contributed by atoms with E-state index < -0.39 is 0 Å². The van der Waals surface area contributed by atoms with Crippen LogP contribution in [0.1, 0.15) is 17.0 Å². The highest BCUT2D eigenvalue weighted by molar-refractivity contribution is 7.99. The second-order valence-electron chi connectivity index (χ2n) is 5.18. The number of thioether (sulfide) groups is 1. The van der Waals surface area contributed by atoms with Crippen molar-refractivity contribution in [3.63, 3.8) is 0 Å². The number of nitrogens with zero attached hydrogens (tertiary/aromatic N) is 3. The van der Waals surface area contributed by atoms with Gasteiger partial charge in [0.1, 0.15) is 12.4 Å². The van der Waals surface area contributed by atoms with Crippen molar-refractivity contribution in [3.05, 3.63) is 59.9 Å². The Morgan fingerprint density at radius 2 is 1.96 bits per heavy atom. The summed E-state index contributed by atoms with van der Waals surface area (Å²) < 4.78 is 5.40. The minimum absolute atomic E-state index is 0.203. The monoisotopic (exact) mass is 356 g/mol. The van der Waals surface area contributed by atoms with Crippen LogP contribution in [-0.4, -0.2) is 34.4 Å². The fraction of sp³-hybridized carbons (Fsp3) is 0.222. The summed E-state index contributed by atoms with van der Waals surface area (Å²) in [6, 6.07) is 9.26. The smallest absolute Gasteiger partial charge is 0.250 e. The molecular formula is C18H20N4O2S. The summed E-state index contributed by atoms with van der Waals surface area (Å²) in [4.78, 5) is 20.4. The Hall–Kier alpha value is -2.67. The Morgan fingerprint density at radius 3 is 2.60 bits per heavy atom. The molecular weight excluding hydrogens is 336 g/mol. The van der Waals surface area contributed by atoms with Crippen molar-refractivity contribution in [3.8, 4) is 5.75 Å². The molecule has 1 amide bonds. The van der Waals surface area contributed by atoms with Gasteiger partial charge < -0.3 is 4.74 Å². The van der Waals surface area contributed by atoms with Crippen molar-refractivity contribution in [2.24, 2.45) is 5.10 Å². The number of aromatic nitrogens is 2. The third-order valence-corrected chi connectivity index (χ3v) is 3.79.